The molecular formula is C27H32N4O4S3. The average Bonchev–Trinajstić information content (AvgIpc) is 3.65. The van der Waals surface area contributed by atoms with Gasteiger partial charge in [0.25, 0.3) is 10.0 Å². The Kier molecular flexibility index (Phi) is 7.90. The van der Waals surface area contributed by atoms with Crippen LogP contribution in [0.15, 0.2) is 52.2 Å². The highest BCUT2D eigenvalue weighted by Crippen LogP contribution is 2.36. The Bertz CT molecular complexity index is 1500. The maximum absolute atomic E-state index is 13.5. The van der Waals surface area contributed by atoms with Crippen LogP contribution in [0.4, 0.5) is 5.69 Å². The minimum absolute atomic E-state index is 0.00204. The summed E-state index contributed by atoms with van der Waals surface area (Å²) in [6, 6.07) is 10.9. The first-order valence-corrected chi connectivity index (χ1v) is 15.9. The zero-order valence-corrected chi connectivity index (χ0v) is 24.2. The second-order valence-corrected chi connectivity index (χ2v) is 13.8. The summed E-state index contributed by atoms with van der Waals surface area (Å²) in [5.41, 5.74) is 2.26. The van der Waals surface area contributed by atoms with Crippen molar-refractivity contribution in [3.8, 4) is 10.7 Å². The molecule has 1 aliphatic rings. The van der Waals surface area contributed by atoms with E-state index in [4.69, 9.17) is 4.74 Å². The van der Waals surface area contributed by atoms with Crippen LogP contribution in [0, 0.1) is 5.92 Å². The monoisotopic (exact) mass is 572 g/mol. The number of nitrogens with zero attached hydrogens (tertiary/aromatic N) is 3. The van der Waals surface area contributed by atoms with E-state index in [1.54, 1.807) is 28.8 Å². The molecule has 1 aromatic carbocycles. The number of piperidine rings is 1. The molecule has 1 N–H and O–H groups in total. The molecule has 0 radical (unpaired) electrons. The van der Waals surface area contributed by atoms with Gasteiger partial charge in [-0.05, 0) is 70.3 Å². The maximum atomic E-state index is 13.5. The predicted octanol–water partition coefficient (Wildman–Crippen LogP) is 5.73. The largest absolute Gasteiger partial charge is 0.466 e. The van der Waals surface area contributed by atoms with Crippen LogP contribution in [0.2, 0.25) is 0 Å². The maximum Gasteiger partial charge on any atom is 0.309 e. The second kappa shape index (κ2) is 11.2. The molecule has 4 aromatic rings. The van der Waals surface area contributed by atoms with Crippen molar-refractivity contribution in [3.05, 3.63) is 52.9 Å². The molecule has 4 heterocycles. The highest BCUT2D eigenvalue weighted by atomic mass is 32.2. The zero-order valence-electron chi connectivity index (χ0n) is 21.7. The number of fused-ring (bicyclic) bond motifs is 1. The lowest BCUT2D eigenvalue weighted by molar-refractivity contribution is -0.149. The summed E-state index contributed by atoms with van der Waals surface area (Å²) in [5, 5.41) is 3.57. The Morgan fingerprint density at radius 1 is 1.24 bits per heavy atom. The molecule has 0 aliphatic carbocycles. The number of hydrogen-bond donors (Lipinski definition) is 1. The van der Waals surface area contributed by atoms with E-state index in [1.165, 1.54) is 15.6 Å². The number of carbonyl (C=O) groups is 1. The molecule has 0 bridgehead atoms. The van der Waals surface area contributed by atoms with E-state index in [-0.39, 0.29) is 17.9 Å². The number of hydrogen-bond acceptors (Lipinski definition) is 8. The standard InChI is InChI=1S/C27H32N4O4S3/c1-4-35-27(32)19-10-12-30(13-11-19)17-21-16-28-26(37-21)22-15-20-7-5-8-23(25(20)29-22)31(18(2)3)38(33,34)24-9-6-14-36-24/h5-9,14-16,18-19,29H,4,10-13,17H2,1-3H3. The first kappa shape index (κ1) is 26.9. The molecule has 0 spiro atoms. The quantitative estimate of drug-likeness (QED) is 0.257. The fourth-order valence-electron chi connectivity index (χ4n) is 4.94. The average molecular weight is 573 g/mol. The fourth-order valence-corrected chi connectivity index (χ4v) is 8.62. The second-order valence-electron chi connectivity index (χ2n) is 9.69. The van der Waals surface area contributed by atoms with Crippen molar-refractivity contribution in [2.24, 2.45) is 5.92 Å². The van der Waals surface area contributed by atoms with Crippen LogP contribution < -0.4 is 4.31 Å². The molecule has 3 aromatic heterocycles. The summed E-state index contributed by atoms with van der Waals surface area (Å²) in [5.74, 6) is -0.0811. The number of H-pyrrole nitrogens is 1. The number of likely N-dealkylation sites (tertiary alicyclic amines) is 1. The van der Waals surface area contributed by atoms with E-state index >= 15 is 0 Å². The highest BCUT2D eigenvalue weighted by molar-refractivity contribution is 7.94. The molecule has 11 heteroatoms. The van der Waals surface area contributed by atoms with E-state index in [2.05, 4.69) is 14.9 Å². The van der Waals surface area contributed by atoms with Gasteiger partial charge in [0.05, 0.1) is 29.4 Å². The summed E-state index contributed by atoms with van der Waals surface area (Å²) in [6.45, 7) is 8.55. The number of benzene rings is 1. The van der Waals surface area contributed by atoms with Crippen LogP contribution in [-0.2, 0) is 26.1 Å². The third-order valence-corrected chi connectivity index (χ3v) is 11.1. The minimum Gasteiger partial charge on any atom is -0.466 e. The molecule has 0 amide bonds. The highest BCUT2D eigenvalue weighted by Gasteiger charge is 2.30. The van der Waals surface area contributed by atoms with Gasteiger partial charge in [0, 0.05) is 29.0 Å². The molecule has 38 heavy (non-hydrogen) atoms. The van der Waals surface area contributed by atoms with Crippen molar-refractivity contribution >= 4 is 55.3 Å². The van der Waals surface area contributed by atoms with Crippen molar-refractivity contribution in [1.82, 2.24) is 14.9 Å². The van der Waals surface area contributed by atoms with E-state index < -0.39 is 10.0 Å². The summed E-state index contributed by atoms with van der Waals surface area (Å²) in [7, 11) is -3.70. The van der Waals surface area contributed by atoms with E-state index in [9.17, 15) is 13.2 Å². The molecular weight excluding hydrogens is 541 g/mol. The van der Waals surface area contributed by atoms with Gasteiger partial charge >= 0.3 is 5.97 Å². The van der Waals surface area contributed by atoms with Gasteiger partial charge in [-0.1, -0.05) is 18.2 Å². The molecule has 1 aliphatic heterocycles. The Hall–Kier alpha value is -2.73. The van der Waals surface area contributed by atoms with Crippen molar-refractivity contribution in [1.29, 1.82) is 0 Å². The first-order valence-electron chi connectivity index (χ1n) is 12.8. The van der Waals surface area contributed by atoms with Crippen LogP contribution >= 0.6 is 22.7 Å². The smallest absolute Gasteiger partial charge is 0.309 e. The van der Waals surface area contributed by atoms with Crippen LogP contribution in [0.5, 0.6) is 0 Å². The van der Waals surface area contributed by atoms with E-state index in [0.29, 0.717) is 16.5 Å². The minimum atomic E-state index is -3.70. The molecule has 202 valence electrons. The van der Waals surface area contributed by atoms with Gasteiger partial charge in [-0.3, -0.25) is 14.0 Å². The number of anilines is 1. The zero-order chi connectivity index (χ0) is 26.9. The van der Waals surface area contributed by atoms with Gasteiger partial charge in [0.1, 0.15) is 9.22 Å². The van der Waals surface area contributed by atoms with Crippen LogP contribution in [0.25, 0.3) is 21.6 Å². The first-order chi connectivity index (χ1) is 18.3. The molecule has 1 saturated heterocycles. The summed E-state index contributed by atoms with van der Waals surface area (Å²) in [4.78, 5) is 23.7. The molecule has 0 unspecified atom stereocenters. The Morgan fingerprint density at radius 3 is 2.71 bits per heavy atom. The van der Waals surface area contributed by atoms with Crippen LogP contribution in [0.1, 0.15) is 38.5 Å². The summed E-state index contributed by atoms with van der Waals surface area (Å²) >= 11 is 2.85. The van der Waals surface area contributed by atoms with Crippen molar-refractivity contribution in [3.63, 3.8) is 0 Å². The molecule has 5 rings (SSSR count). The number of para-hydroxylation sites is 1. The number of carbonyl (C=O) groups excluding carboxylic acids is 1. The third-order valence-electron chi connectivity index (χ3n) is 6.72. The number of rotatable bonds is 9. The van der Waals surface area contributed by atoms with E-state index in [0.717, 1.165) is 59.0 Å². The predicted molar refractivity (Wildman–Crippen MR) is 153 cm³/mol. The van der Waals surface area contributed by atoms with Crippen molar-refractivity contribution < 1.29 is 17.9 Å². The fraction of sp³-hybridized carbons (Fsp3) is 0.407. The normalized spacial score (nSPS) is 15.4. The number of aromatic nitrogens is 2. The topological polar surface area (TPSA) is 95.6 Å². The molecule has 8 nitrogen and oxygen atoms in total. The summed E-state index contributed by atoms with van der Waals surface area (Å²) < 4.78 is 34.0. The van der Waals surface area contributed by atoms with Gasteiger partial charge in [0.2, 0.25) is 0 Å². The van der Waals surface area contributed by atoms with Crippen LogP contribution in [-0.4, -0.2) is 55.0 Å². The molecule has 1 fully saturated rings. The number of ether oxygens (including phenoxy) is 1. The lowest BCUT2D eigenvalue weighted by atomic mass is 9.97. The lowest BCUT2D eigenvalue weighted by Crippen LogP contribution is -2.36. The lowest BCUT2D eigenvalue weighted by Gasteiger charge is -2.30. The molecule has 0 saturated carbocycles. The van der Waals surface area contributed by atoms with Gasteiger partial charge in [-0.2, -0.15) is 0 Å². The number of thiophene rings is 1. The Balaban J connectivity index is 1.36. The van der Waals surface area contributed by atoms with Crippen molar-refractivity contribution in [2.75, 3.05) is 24.0 Å². The van der Waals surface area contributed by atoms with Gasteiger partial charge in [-0.15, -0.1) is 22.7 Å². The van der Waals surface area contributed by atoms with Gasteiger partial charge in [0.15, 0.2) is 0 Å². The molecule has 0 atom stereocenters. The van der Waals surface area contributed by atoms with E-state index in [1.807, 2.05) is 51.2 Å². The Labute approximate surface area is 231 Å². The third kappa shape index (κ3) is 5.38. The SMILES string of the molecule is CCOC(=O)C1CCN(Cc2cnc(-c3cc4cccc(N(C(C)C)S(=O)(=O)c5cccs5)c4[nH]3)s2)CC1. The number of aromatic amines is 1. The Morgan fingerprint density at radius 2 is 2.03 bits per heavy atom. The van der Waals surface area contributed by atoms with Gasteiger partial charge in [-0.25, -0.2) is 13.4 Å². The van der Waals surface area contributed by atoms with Gasteiger partial charge < -0.3 is 9.72 Å². The number of nitrogens with one attached hydrogen (secondary N) is 1. The number of thiazole rings is 1. The van der Waals surface area contributed by atoms with Crippen LogP contribution in [0.3, 0.4) is 0 Å². The number of esters is 1. The summed E-state index contributed by atoms with van der Waals surface area (Å²) in [6.07, 6.45) is 3.54. The number of sulfonamides is 1. The van der Waals surface area contributed by atoms with Crippen molar-refractivity contribution in [2.45, 2.75) is 50.4 Å².